The van der Waals surface area contributed by atoms with Gasteiger partial charge in [0.25, 0.3) is 0 Å². The molecule has 2 rings (SSSR count). The fraction of sp³-hybridized carbons (Fsp3) is 0.462. The number of nitrogens with zero attached hydrogens (tertiary/aromatic N) is 1. The zero-order valence-corrected chi connectivity index (χ0v) is 10.5. The summed E-state index contributed by atoms with van der Waals surface area (Å²) in [4.78, 5) is 4.16. The molecule has 18 heavy (non-hydrogen) atoms. The van der Waals surface area contributed by atoms with Gasteiger partial charge in [0.1, 0.15) is 12.4 Å². The summed E-state index contributed by atoms with van der Waals surface area (Å²) in [5, 5.41) is 0. The van der Waals surface area contributed by atoms with E-state index in [1.54, 1.807) is 6.92 Å². The van der Waals surface area contributed by atoms with Gasteiger partial charge in [-0.15, -0.1) is 0 Å². The Kier molecular flexibility index (Phi) is 3.09. The van der Waals surface area contributed by atoms with Crippen LogP contribution < -0.4 is 0 Å². The second-order valence-electron chi connectivity index (χ2n) is 4.88. The lowest BCUT2D eigenvalue weighted by atomic mass is 10.1. The highest BCUT2D eigenvalue weighted by atomic mass is 19.2. The van der Waals surface area contributed by atoms with Crippen molar-refractivity contribution in [1.29, 1.82) is 0 Å². The second-order valence-corrected chi connectivity index (χ2v) is 4.88. The summed E-state index contributed by atoms with van der Waals surface area (Å²) >= 11 is 0. The lowest BCUT2D eigenvalue weighted by Gasteiger charge is -2.08. The first kappa shape index (κ1) is 12.9. The van der Waals surface area contributed by atoms with Crippen molar-refractivity contribution in [1.82, 2.24) is 0 Å². The first-order valence-electron chi connectivity index (χ1n) is 5.75. The molecule has 0 bridgehead atoms. The Bertz CT molecular complexity index is 523. The Balaban J connectivity index is 2.57. The summed E-state index contributed by atoms with van der Waals surface area (Å²) in [6, 6.07) is 0.796. The molecule has 0 amide bonds. The van der Waals surface area contributed by atoms with E-state index in [-0.39, 0.29) is 23.4 Å². The van der Waals surface area contributed by atoms with E-state index in [0.29, 0.717) is 6.61 Å². The van der Waals surface area contributed by atoms with Gasteiger partial charge in [0.15, 0.2) is 11.6 Å². The lowest BCUT2D eigenvalue weighted by Crippen LogP contribution is -2.17. The SMILES string of the molecule is CCc1c(F)c(F)cc(C2=NC(C)(C)CO2)c1F. The van der Waals surface area contributed by atoms with Crippen molar-refractivity contribution < 1.29 is 17.9 Å². The van der Waals surface area contributed by atoms with Crippen LogP contribution in [0.1, 0.15) is 31.9 Å². The van der Waals surface area contributed by atoms with Crippen LogP contribution >= 0.6 is 0 Å². The molecule has 2 nitrogen and oxygen atoms in total. The second kappa shape index (κ2) is 4.30. The van der Waals surface area contributed by atoms with Gasteiger partial charge in [0, 0.05) is 5.56 Å². The van der Waals surface area contributed by atoms with Crippen LogP contribution in [0.25, 0.3) is 0 Å². The molecule has 0 unspecified atom stereocenters. The molecule has 0 fully saturated rings. The maximum absolute atomic E-state index is 14.0. The van der Waals surface area contributed by atoms with E-state index >= 15 is 0 Å². The van der Waals surface area contributed by atoms with Crippen LogP contribution in [-0.2, 0) is 11.2 Å². The van der Waals surface area contributed by atoms with Gasteiger partial charge in [-0.3, -0.25) is 0 Å². The molecule has 0 radical (unpaired) electrons. The van der Waals surface area contributed by atoms with Gasteiger partial charge in [0.2, 0.25) is 5.90 Å². The summed E-state index contributed by atoms with van der Waals surface area (Å²) in [5.41, 5.74) is -0.865. The summed E-state index contributed by atoms with van der Waals surface area (Å²) in [6.45, 7) is 5.49. The quantitative estimate of drug-likeness (QED) is 0.745. The third-order valence-electron chi connectivity index (χ3n) is 2.80. The molecule has 1 aromatic rings. The largest absolute Gasteiger partial charge is 0.475 e. The first-order valence-corrected chi connectivity index (χ1v) is 5.75. The standard InChI is InChI=1S/C13H14F3NO/c1-4-7-10(15)8(5-9(14)11(7)16)12-17-13(2,3)6-18-12/h5H,4,6H2,1-3H3. The minimum atomic E-state index is -1.14. The number of hydrogen-bond acceptors (Lipinski definition) is 2. The van der Waals surface area contributed by atoms with Crippen molar-refractivity contribution in [3.63, 3.8) is 0 Å². The van der Waals surface area contributed by atoms with Crippen LogP contribution in [0.3, 0.4) is 0 Å². The van der Waals surface area contributed by atoms with E-state index in [9.17, 15) is 13.2 Å². The molecule has 1 aromatic carbocycles. The van der Waals surface area contributed by atoms with Crippen LogP contribution in [0.4, 0.5) is 13.2 Å². The minimum absolute atomic E-state index is 0.0334. The molecule has 0 atom stereocenters. The van der Waals surface area contributed by atoms with Crippen molar-refractivity contribution in [2.45, 2.75) is 32.7 Å². The molecule has 0 aromatic heterocycles. The fourth-order valence-corrected chi connectivity index (χ4v) is 1.84. The third kappa shape index (κ3) is 2.09. The van der Waals surface area contributed by atoms with Gasteiger partial charge >= 0.3 is 0 Å². The topological polar surface area (TPSA) is 21.6 Å². The van der Waals surface area contributed by atoms with Crippen LogP contribution in [-0.4, -0.2) is 18.0 Å². The van der Waals surface area contributed by atoms with E-state index in [0.717, 1.165) is 6.07 Å². The molecule has 1 aliphatic rings. The zero-order chi connectivity index (χ0) is 13.5. The number of halogens is 3. The summed E-state index contributed by atoms with van der Waals surface area (Å²) < 4.78 is 46.1. The molecule has 1 aliphatic heterocycles. The predicted molar refractivity (Wildman–Crippen MR) is 62.3 cm³/mol. The van der Waals surface area contributed by atoms with Gasteiger partial charge in [-0.25, -0.2) is 18.2 Å². The van der Waals surface area contributed by atoms with Crippen LogP contribution in [0.5, 0.6) is 0 Å². The molecule has 98 valence electrons. The Morgan fingerprint density at radius 1 is 1.28 bits per heavy atom. The Labute approximate surface area is 103 Å². The highest BCUT2D eigenvalue weighted by Crippen LogP contribution is 2.26. The average Bonchev–Trinajstić information content (AvgIpc) is 2.65. The van der Waals surface area contributed by atoms with Gasteiger partial charge < -0.3 is 4.74 Å². The van der Waals surface area contributed by atoms with Gasteiger partial charge in [0.05, 0.1) is 11.1 Å². The van der Waals surface area contributed by atoms with E-state index in [1.807, 2.05) is 13.8 Å². The van der Waals surface area contributed by atoms with Crippen molar-refractivity contribution in [3.8, 4) is 0 Å². The van der Waals surface area contributed by atoms with Gasteiger partial charge in [-0.1, -0.05) is 6.92 Å². The predicted octanol–water partition coefficient (Wildman–Crippen LogP) is 3.22. The number of aliphatic imine (C=N–C) groups is 1. The van der Waals surface area contributed by atoms with Crippen molar-refractivity contribution in [2.75, 3.05) is 6.61 Å². The minimum Gasteiger partial charge on any atom is -0.475 e. The molecular formula is C13H14F3NO. The monoisotopic (exact) mass is 257 g/mol. The average molecular weight is 257 g/mol. The highest BCUT2D eigenvalue weighted by Gasteiger charge is 2.30. The molecule has 1 heterocycles. The van der Waals surface area contributed by atoms with Gasteiger partial charge in [-0.05, 0) is 26.3 Å². The van der Waals surface area contributed by atoms with E-state index in [2.05, 4.69) is 4.99 Å². The molecule has 0 saturated heterocycles. The Morgan fingerprint density at radius 3 is 2.44 bits per heavy atom. The molecule has 0 saturated carbocycles. The van der Waals surface area contributed by atoms with E-state index in [1.165, 1.54) is 0 Å². The fourth-order valence-electron chi connectivity index (χ4n) is 1.84. The Morgan fingerprint density at radius 2 is 1.94 bits per heavy atom. The van der Waals surface area contributed by atoms with Crippen molar-refractivity contribution >= 4 is 5.90 Å². The summed E-state index contributed by atoms with van der Waals surface area (Å²) in [6.07, 6.45) is 0.0686. The molecule has 0 aliphatic carbocycles. The number of rotatable bonds is 2. The molecule has 0 spiro atoms. The zero-order valence-electron chi connectivity index (χ0n) is 10.5. The van der Waals surface area contributed by atoms with Crippen molar-refractivity contribution in [2.24, 2.45) is 4.99 Å². The molecule has 0 N–H and O–H groups in total. The lowest BCUT2D eigenvalue weighted by molar-refractivity contribution is 0.278. The van der Waals surface area contributed by atoms with Crippen molar-refractivity contribution in [3.05, 3.63) is 34.6 Å². The third-order valence-corrected chi connectivity index (χ3v) is 2.80. The summed E-state index contributed by atoms with van der Waals surface area (Å²) in [7, 11) is 0. The van der Waals surface area contributed by atoms with Crippen LogP contribution in [0.15, 0.2) is 11.1 Å². The van der Waals surface area contributed by atoms with E-state index < -0.39 is 23.0 Å². The molecular weight excluding hydrogens is 243 g/mol. The smallest absolute Gasteiger partial charge is 0.219 e. The molecule has 5 heteroatoms. The normalized spacial score (nSPS) is 17.6. The Hall–Kier alpha value is -1.52. The maximum atomic E-state index is 14.0. The van der Waals surface area contributed by atoms with Gasteiger partial charge in [-0.2, -0.15) is 0 Å². The number of ether oxygens (including phenoxy) is 1. The highest BCUT2D eigenvalue weighted by molar-refractivity contribution is 5.96. The number of benzene rings is 1. The summed E-state index contributed by atoms with van der Waals surface area (Å²) in [5.74, 6) is -2.99. The van der Waals surface area contributed by atoms with Crippen LogP contribution in [0.2, 0.25) is 0 Å². The first-order chi connectivity index (χ1) is 8.35. The van der Waals surface area contributed by atoms with E-state index in [4.69, 9.17) is 4.74 Å². The maximum Gasteiger partial charge on any atom is 0.219 e. The van der Waals surface area contributed by atoms with Crippen LogP contribution in [0, 0.1) is 17.5 Å². The number of hydrogen-bond donors (Lipinski definition) is 0.